The molecular formula is C16H19N3O2. The van der Waals surface area contributed by atoms with E-state index in [1.807, 2.05) is 35.8 Å². The highest BCUT2D eigenvalue weighted by molar-refractivity contribution is 5.92. The second-order valence-electron chi connectivity index (χ2n) is 5.35. The van der Waals surface area contributed by atoms with Gasteiger partial charge in [0.25, 0.3) is 5.91 Å². The lowest BCUT2D eigenvalue weighted by atomic mass is 10.2. The number of benzene rings is 1. The number of carbonyl (C=O) groups is 1. The molecule has 1 amide bonds. The Bertz CT molecular complexity index is 613. The van der Waals surface area contributed by atoms with Gasteiger partial charge in [0.1, 0.15) is 12.0 Å². The molecule has 1 aliphatic rings. The molecule has 110 valence electrons. The van der Waals surface area contributed by atoms with Crippen LogP contribution in [0.4, 0.5) is 0 Å². The molecule has 1 unspecified atom stereocenters. The molecular weight excluding hydrogens is 266 g/mol. The maximum Gasteiger partial charge on any atom is 0.271 e. The quantitative estimate of drug-likeness (QED) is 0.936. The topological polar surface area (TPSA) is 56.2 Å². The molecule has 5 nitrogen and oxygen atoms in total. The highest BCUT2D eigenvalue weighted by Gasteiger charge is 2.17. The van der Waals surface area contributed by atoms with Gasteiger partial charge in [-0.25, -0.2) is 4.98 Å². The molecule has 1 fully saturated rings. The Morgan fingerprint density at radius 2 is 2.24 bits per heavy atom. The molecule has 0 saturated carbocycles. The molecule has 0 bridgehead atoms. The lowest BCUT2D eigenvalue weighted by molar-refractivity contribution is 0.0854. The van der Waals surface area contributed by atoms with Crippen LogP contribution in [-0.2, 0) is 4.74 Å². The van der Waals surface area contributed by atoms with Crippen LogP contribution >= 0.6 is 0 Å². The van der Waals surface area contributed by atoms with Crippen LogP contribution in [0.1, 0.15) is 28.9 Å². The fourth-order valence-electron chi connectivity index (χ4n) is 2.40. The van der Waals surface area contributed by atoms with Crippen molar-refractivity contribution < 1.29 is 9.53 Å². The highest BCUT2D eigenvalue weighted by atomic mass is 16.5. The van der Waals surface area contributed by atoms with Crippen LogP contribution in [0.15, 0.2) is 36.8 Å². The van der Waals surface area contributed by atoms with E-state index in [1.165, 1.54) is 5.56 Å². The average molecular weight is 285 g/mol. The van der Waals surface area contributed by atoms with Gasteiger partial charge < -0.3 is 14.6 Å². The first kappa shape index (κ1) is 13.8. The van der Waals surface area contributed by atoms with Crippen LogP contribution in [-0.4, -0.2) is 34.7 Å². The Balaban J connectivity index is 1.63. The number of imidazole rings is 1. The summed E-state index contributed by atoms with van der Waals surface area (Å²) in [5.74, 6) is -0.156. The summed E-state index contributed by atoms with van der Waals surface area (Å²) in [5.41, 5.74) is 2.62. The summed E-state index contributed by atoms with van der Waals surface area (Å²) >= 11 is 0. The second kappa shape index (κ2) is 6.10. The van der Waals surface area contributed by atoms with Gasteiger partial charge in [0.15, 0.2) is 0 Å². The van der Waals surface area contributed by atoms with Crippen molar-refractivity contribution in [2.45, 2.75) is 25.9 Å². The summed E-state index contributed by atoms with van der Waals surface area (Å²) in [6, 6.07) is 8.08. The van der Waals surface area contributed by atoms with Gasteiger partial charge in [-0.15, -0.1) is 0 Å². The first-order valence-electron chi connectivity index (χ1n) is 7.23. The molecule has 1 aliphatic heterocycles. The summed E-state index contributed by atoms with van der Waals surface area (Å²) in [6.07, 6.45) is 5.63. The first-order valence-corrected chi connectivity index (χ1v) is 7.23. The van der Waals surface area contributed by atoms with E-state index in [-0.39, 0.29) is 12.0 Å². The Labute approximate surface area is 124 Å². The van der Waals surface area contributed by atoms with Crippen molar-refractivity contribution in [2.75, 3.05) is 13.2 Å². The number of nitrogens with one attached hydrogen (secondary N) is 1. The zero-order valence-corrected chi connectivity index (χ0v) is 12.1. The summed E-state index contributed by atoms with van der Waals surface area (Å²) in [7, 11) is 0. The number of aromatic nitrogens is 2. The van der Waals surface area contributed by atoms with Crippen molar-refractivity contribution >= 4 is 5.91 Å². The van der Waals surface area contributed by atoms with Gasteiger partial charge in [0, 0.05) is 25.0 Å². The van der Waals surface area contributed by atoms with Crippen LogP contribution in [0.2, 0.25) is 0 Å². The van der Waals surface area contributed by atoms with Crippen LogP contribution in [0.25, 0.3) is 5.69 Å². The average Bonchev–Trinajstić information content (AvgIpc) is 3.17. The molecule has 0 spiro atoms. The molecule has 1 aromatic heterocycles. The summed E-state index contributed by atoms with van der Waals surface area (Å²) in [6.45, 7) is 3.39. The minimum Gasteiger partial charge on any atom is -0.376 e. The lowest BCUT2D eigenvalue weighted by Crippen LogP contribution is -2.31. The van der Waals surface area contributed by atoms with Crippen molar-refractivity contribution in [2.24, 2.45) is 0 Å². The number of hydrogen-bond acceptors (Lipinski definition) is 3. The number of aryl methyl sites for hydroxylation is 1. The molecule has 1 N–H and O–H groups in total. The lowest BCUT2D eigenvalue weighted by Gasteiger charge is -2.09. The third-order valence-corrected chi connectivity index (χ3v) is 3.66. The van der Waals surface area contributed by atoms with E-state index >= 15 is 0 Å². The van der Waals surface area contributed by atoms with Gasteiger partial charge in [-0.2, -0.15) is 0 Å². The van der Waals surface area contributed by atoms with Crippen LogP contribution in [0, 0.1) is 6.92 Å². The Kier molecular flexibility index (Phi) is 4.01. The minimum atomic E-state index is -0.156. The monoisotopic (exact) mass is 285 g/mol. The summed E-state index contributed by atoms with van der Waals surface area (Å²) in [5, 5.41) is 2.88. The number of amides is 1. The summed E-state index contributed by atoms with van der Waals surface area (Å²) in [4.78, 5) is 16.2. The van der Waals surface area contributed by atoms with Gasteiger partial charge in [0.2, 0.25) is 0 Å². The third kappa shape index (κ3) is 3.31. The number of rotatable bonds is 4. The van der Waals surface area contributed by atoms with E-state index in [2.05, 4.69) is 10.3 Å². The van der Waals surface area contributed by atoms with Gasteiger partial charge >= 0.3 is 0 Å². The van der Waals surface area contributed by atoms with Gasteiger partial charge in [-0.3, -0.25) is 4.79 Å². The fraction of sp³-hybridized carbons (Fsp3) is 0.375. The van der Waals surface area contributed by atoms with E-state index in [9.17, 15) is 4.79 Å². The van der Waals surface area contributed by atoms with Crippen LogP contribution < -0.4 is 5.32 Å². The first-order chi connectivity index (χ1) is 10.2. The SMILES string of the molecule is Cc1ccc(-n2cnc(C(=O)NCC3CCCO3)c2)cc1. The number of carbonyl (C=O) groups excluding carboxylic acids is 1. The maximum atomic E-state index is 12.1. The molecule has 1 saturated heterocycles. The van der Waals surface area contributed by atoms with E-state index in [4.69, 9.17) is 4.74 Å². The Hall–Kier alpha value is -2.14. The number of nitrogens with zero attached hydrogens (tertiary/aromatic N) is 2. The van der Waals surface area contributed by atoms with Crippen LogP contribution in [0.3, 0.4) is 0 Å². The largest absolute Gasteiger partial charge is 0.376 e. The maximum absolute atomic E-state index is 12.1. The Morgan fingerprint density at radius 1 is 1.43 bits per heavy atom. The Morgan fingerprint density at radius 3 is 2.95 bits per heavy atom. The second-order valence-corrected chi connectivity index (χ2v) is 5.35. The molecule has 2 aromatic rings. The summed E-state index contributed by atoms with van der Waals surface area (Å²) < 4.78 is 7.33. The number of hydrogen-bond donors (Lipinski definition) is 1. The van der Waals surface area contributed by atoms with E-state index < -0.39 is 0 Å². The minimum absolute atomic E-state index is 0.146. The molecule has 0 radical (unpaired) electrons. The third-order valence-electron chi connectivity index (χ3n) is 3.66. The van der Waals surface area contributed by atoms with Crippen molar-refractivity contribution in [3.63, 3.8) is 0 Å². The van der Waals surface area contributed by atoms with Gasteiger partial charge in [0.05, 0.1) is 6.10 Å². The molecule has 2 heterocycles. The smallest absolute Gasteiger partial charge is 0.271 e. The number of ether oxygens (including phenoxy) is 1. The van der Waals surface area contributed by atoms with Gasteiger partial charge in [-0.05, 0) is 31.9 Å². The van der Waals surface area contributed by atoms with Crippen molar-refractivity contribution in [3.05, 3.63) is 48.0 Å². The predicted molar refractivity (Wildman–Crippen MR) is 79.6 cm³/mol. The van der Waals surface area contributed by atoms with E-state index in [1.54, 1.807) is 12.5 Å². The predicted octanol–water partition coefficient (Wildman–Crippen LogP) is 2.09. The van der Waals surface area contributed by atoms with Crippen molar-refractivity contribution in [1.82, 2.24) is 14.9 Å². The zero-order valence-electron chi connectivity index (χ0n) is 12.1. The molecule has 1 atom stereocenters. The normalized spacial score (nSPS) is 17.9. The highest BCUT2D eigenvalue weighted by Crippen LogP contribution is 2.12. The van der Waals surface area contributed by atoms with Gasteiger partial charge in [-0.1, -0.05) is 17.7 Å². The van der Waals surface area contributed by atoms with E-state index in [0.29, 0.717) is 12.2 Å². The molecule has 0 aliphatic carbocycles. The van der Waals surface area contributed by atoms with Crippen molar-refractivity contribution in [1.29, 1.82) is 0 Å². The molecule has 21 heavy (non-hydrogen) atoms. The van der Waals surface area contributed by atoms with Crippen molar-refractivity contribution in [3.8, 4) is 5.69 Å². The fourth-order valence-corrected chi connectivity index (χ4v) is 2.40. The molecule has 3 rings (SSSR count). The standard InChI is InChI=1S/C16H19N3O2/c1-12-4-6-13(7-5-12)19-10-15(18-11-19)16(20)17-9-14-3-2-8-21-14/h4-7,10-11,14H,2-3,8-9H2,1H3,(H,17,20). The molecule has 1 aromatic carbocycles. The van der Waals surface area contributed by atoms with Crippen LogP contribution in [0.5, 0.6) is 0 Å². The molecule has 5 heteroatoms. The zero-order chi connectivity index (χ0) is 14.7. The van der Waals surface area contributed by atoms with E-state index in [0.717, 1.165) is 25.1 Å².